The molecule has 6 heavy (non-hydrogen) atoms. The van der Waals surface area contributed by atoms with Crippen molar-refractivity contribution >= 4 is 49.2 Å². The van der Waals surface area contributed by atoms with Crippen LogP contribution in [0.25, 0.3) is 0 Å². The van der Waals surface area contributed by atoms with Gasteiger partial charge in [0.25, 0.3) is 0 Å². The van der Waals surface area contributed by atoms with Gasteiger partial charge in [-0.15, -0.1) is 24.0 Å². The van der Waals surface area contributed by atoms with Gasteiger partial charge in [-0.3, -0.25) is 0 Å². The Labute approximate surface area is 65.9 Å². The van der Waals surface area contributed by atoms with Gasteiger partial charge in [0.05, 0.1) is 5.37 Å². The summed E-state index contributed by atoms with van der Waals surface area (Å²) in [4.78, 5) is 0. The third kappa shape index (κ3) is 9.04. The molecule has 1 nitrogen and oxygen atoms in total. The SMILES string of the molecule is I.NC(S)CS. The van der Waals surface area contributed by atoms with Crippen molar-refractivity contribution in [2.24, 2.45) is 5.73 Å². The van der Waals surface area contributed by atoms with Crippen LogP contribution in [0.2, 0.25) is 0 Å². The Morgan fingerprint density at radius 2 is 1.83 bits per heavy atom. The van der Waals surface area contributed by atoms with Crippen molar-refractivity contribution in [3.63, 3.8) is 0 Å². The predicted molar refractivity (Wildman–Crippen MR) is 46.2 cm³/mol. The summed E-state index contributed by atoms with van der Waals surface area (Å²) < 4.78 is 0. The van der Waals surface area contributed by atoms with Gasteiger partial charge in [0, 0.05) is 5.75 Å². The maximum atomic E-state index is 5.08. The van der Waals surface area contributed by atoms with E-state index in [1.807, 2.05) is 0 Å². The Balaban J connectivity index is 0. The molecule has 0 heterocycles. The molecule has 0 saturated heterocycles. The highest BCUT2D eigenvalue weighted by molar-refractivity contribution is 14.0. The minimum Gasteiger partial charge on any atom is -0.319 e. The van der Waals surface area contributed by atoms with E-state index >= 15 is 0 Å². The lowest BCUT2D eigenvalue weighted by molar-refractivity contribution is 1.08. The third-order valence-electron chi connectivity index (χ3n) is 0.187. The van der Waals surface area contributed by atoms with Crippen molar-refractivity contribution in [2.45, 2.75) is 5.37 Å². The molecule has 4 heteroatoms. The number of rotatable bonds is 1. The van der Waals surface area contributed by atoms with Gasteiger partial charge in [0.1, 0.15) is 0 Å². The average Bonchev–Trinajstić information content (AvgIpc) is 1.38. The quantitative estimate of drug-likeness (QED) is 0.350. The summed E-state index contributed by atoms with van der Waals surface area (Å²) in [7, 11) is 0. The zero-order valence-corrected chi connectivity index (χ0v) is 7.28. The van der Waals surface area contributed by atoms with Crippen LogP contribution in [0.5, 0.6) is 0 Å². The summed E-state index contributed by atoms with van der Waals surface area (Å²) in [6, 6.07) is 0. The average molecular weight is 237 g/mol. The molecule has 40 valence electrons. The molecular weight excluding hydrogens is 229 g/mol. The molecule has 0 aromatic carbocycles. The molecule has 0 radical (unpaired) electrons. The Morgan fingerprint density at radius 1 is 1.67 bits per heavy atom. The molecular formula is C2H8INS2. The van der Waals surface area contributed by atoms with E-state index in [9.17, 15) is 0 Å². The van der Waals surface area contributed by atoms with Crippen LogP contribution >= 0.6 is 49.2 Å². The number of thiol groups is 2. The Bertz CT molecular complexity index is 25.5. The molecule has 1 atom stereocenters. The van der Waals surface area contributed by atoms with Gasteiger partial charge in [-0.2, -0.15) is 25.3 Å². The van der Waals surface area contributed by atoms with Crippen molar-refractivity contribution in [1.29, 1.82) is 0 Å². The predicted octanol–water partition coefficient (Wildman–Crippen LogP) is 0.749. The van der Waals surface area contributed by atoms with Crippen LogP contribution in [0.1, 0.15) is 0 Å². The normalized spacial score (nSPS) is 12.5. The van der Waals surface area contributed by atoms with Crippen LogP contribution in [0.4, 0.5) is 0 Å². The zero-order chi connectivity index (χ0) is 4.28. The van der Waals surface area contributed by atoms with E-state index in [-0.39, 0.29) is 29.4 Å². The van der Waals surface area contributed by atoms with Crippen LogP contribution in [0, 0.1) is 0 Å². The van der Waals surface area contributed by atoms with Gasteiger partial charge in [0.15, 0.2) is 0 Å². The molecule has 0 rings (SSSR count). The lowest BCUT2D eigenvalue weighted by Crippen LogP contribution is -2.12. The first kappa shape index (κ1) is 10.4. The number of hydrogen-bond acceptors (Lipinski definition) is 3. The molecule has 0 amide bonds. The number of hydrogen-bond donors (Lipinski definition) is 3. The van der Waals surface area contributed by atoms with Crippen LogP contribution in [0.15, 0.2) is 0 Å². The van der Waals surface area contributed by atoms with Crippen molar-refractivity contribution in [2.75, 3.05) is 5.75 Å². The molecule has 0 aliphatic carbocycles. The van der Waals surface area contributed by atoms with Gasteiger partial charge in [-0.05, 0) is 0 Å². The van der Waals surface area contributed by atoms with Gasteiger partial charge in [0.2, 0.25) is 0 Å². The van der Waals surface area contributed by atoms with Crippen LogP contribution < -0.4 is 5.73 Å². The summed E-state index contributed by atoms with van der Waals surface area (Å²) in [5.74, 6) is 0.642. The smallest absolute Gasteiger partial charge is 0.0566 e. The standard InChI is InChI=1S/C2H7NS2.HI/c3-2(5)1-4;/h2,4-5H,1,3H2;1H. The molecule has 0 spiro atoms. The first-order valence-corrected chi connectivity index (χ1v) is 2.46. The van der Waals surface area contributed by atoms with E-state index in [4.69, 9.17) is 5.73 Å². The maximum absolute atomic E-state index is 5.08. The fourth-order valence-corrected chi connectivity index (χ4v) is 0. The van der Waals surface area contributed by atoms with Gasteiger partial charge < -0.3 is 5.73 Å². The molecule has 0 aliphatic heterocycles. The van der Waals surface area contributed by atoms with Gasteiger partial charge >= 0.3 is 0 Å². The first-order valence-electron chi connectivity index (χ1n) is 1.32. The van der Waals surface area contributed by atoms with Crippen molar-refractivity contribution in [3.05, 3.63) is 0 Å². The first-order chi connectivity index (χ1) is 2.27. The van der Waals surface area contributed by atoms with E-state index in [0.717, 1.165) is 0 Å². The lowest BCUT2D eigenvalue weighted by atomic mass is 10.8. The van der Waals surface area contributed by atoms with E-state index in [0.29, 0.717) is 5.75 Å². The van der Waals surface area contributed by atoms with E-state index in [1.54, 1.807) is 0 Å². The zero-order valence-electron chi connectivity index (χ0n) is 3.16. The Kier molecular flexibility index (Phi) is 11.1. The summed E-state index contributed by atoms with van der Waals surface area (Å²) >= 11 is 7.61. The lowest BCUT2D eigenvalue weighted by Gasteiger charge is -1.90. The highest BCUT2D eigenvalue weighted by Gasteiger charge is 1.81. The fourth-order valence-electron chi connectivity index (χ4n) is 0. The maximum Gasteiger partial charge on any atom is 0.0566 e. The molecule has 0 saturated carbocycles. The van der Waals surface area contributed by atoms with Gasteiger partial charge in [-0.1, -0.05) is 0 Å². The molecule has 0 aromatic heterocycles. The minimum atomic E-state index is -0.0571. The van der Waals surface area contributed by atoms with Crippen molar-refractivity contribution in [3.8, 4) is 0 Å². The largest absolute Gasteiger partial charge is 0.319 e. The summed E-state index contributed by atoms with van der Waals surface area (Å²) in [6.45, 7) is 0. The monoisotopic (exact) mass is 237 g/mol. The molecule has 0 fully saturated rings. The second-order valence-corrected chi connectivity index (χ2v) is 1.78. The molecule has 1 unspecified atom stereocenters. The molecule has 0 aromatic rings. The minimum absolute atomic E-state index is 0. The Hall–Kier alpha value is 1.39. The Morgan fingerprint density at radius 3 is 1.83 bits per heavy atom. The highest BCUT2D eigenvalue weighted by atomic mass is 127. The summed E-state index contributed by atoms with van der Waals surface area (Å²) in [6.07, 6.45) is 0. The highest BCUT2D eigenvalue weighted by Crippen LogP contribution is 1.83. The van der Waals surface area contributed by atoms with Crippen molar-refractivity contribution in [1.82, 2.24) is 0 Å². The summed E-state index contributed by atoms with van der Waals surface area (Å²) in [5, 5.41) is -0.0571. The second kappa shape index (κ2) is 6.39. The number of nitrogens with two attached hydrogens (primary N) is 1. The second-order valence-electron chi connectivity index (χ2n) is 0.750. The van der Waals surface area contributed by atoms with E-state index < -0.39 is 0 Å². The van der Waals surface area contributed by atoms with Crippen LogP contribution in [-0.4, -0.2) is 11.1 Å². The summed E-state index contributed by atoms with van der Waals surface area (Å²) in [5.41, 5.74) is 5.08. The van der Waals surface area contributed by atoms with Crippen LogP contribution in [-0.2, 0) is 0 Å². The molecule has 0 bridgehead atoms. The molecule has 2 N–H and O–H groups in total. The van der Waals surface area contributed by atoms with Gasteiger partial charge in [-0.25, -0.2) is 0 Å². The third-order valence-corrected chi connectivity index (χ3v) is 1.05. The number of halogens is 1. The topological polar surface area (TPSA) is 26.0 Å². The van der Waals surface area contributed by atoms with Crippen LogP contribution in [0.3, 0.4) is 0 Å². The van der Waals surface area contributed by atoms with E-state index in [1.165, 1.54) is 0 Å². The van der Waals surface area contributed by atoms with E-state index in [2.05, 4.69) is 25.3 Å². The van der Waals surface area contributed by atoms with Crippen molar-refractivity contribution < 1.29 is 0 Å². The molecule has 0 aliphatic rings. The fraction of sp³-hybridized carbons (Fsp3) is 1.00.